The van der Waals surface area contributed by atoms with E-state index in [1.807, 2.05) is 12.1 Å². The minimum absolute atomic E-state index is 0.266. The summed E-state index contributed by atoms with van der Waals surface area (Å²) in [5.41, 5.74) is 2.14. The van der Waals surface area contributed by atoms with Gasteiger partial charge in [-0.1, -0.05) is 48.5 Å². The summed E-state index contributed by atoms with van der Waals surface area (Å²) in [5.74, 6) is 1.20. The molecule has 0 atom stereocenters. The molecular formula is C28H40N4O2. The van der Waals surface area contributed by atoms with Crippen molar-refractivity contribution in [3.05, 3.63) is 65.7 Å². The second-order valence-corrected chi connectivity index (χ2v) is 10.0. The number of benzene rings is 2. The van der Waals surface area contributed by atoms with E-state index in [-0.39, 0.29) is 5.91 Å². The van der Waals surface area contributed by atoms with Gasteiger partial charge < -0.3 is 14.5 Å². The summed E-state index contributed by atoms with van der Waals surface area (Å²) < 4.78 is 5.50. The first-order valence-corrected chi connectivity index (χ1v) is 12.6. The normalized spacial score (nSPS) is 18.7. The lowest BCUT2D eigenvalue weighted by molar-refractivity contribution is -0.145. The molecule has 2 aliphatic rings. The molecule has 0 spiro atoms. The molecule has 0 radical (unpaired) electrons. The van der Waals surface area contributed by atoms with Crippen molar-refractivity contribution >= 4 is 5.91 Å². The molecule has 2 heterocycles. The number of piperazine rings is 2. The third-order valence-electron chi connectivity index (χ3n) is 7.49. The fourth-order valence-corrected chi connectivity index (χ4v) is 5.17. The lowest BCUT2D eigenvalue weighted by atomic mass is 9.98. The number of amides is 1. The quantitative estimate of drug-likeness (QED) is 0.601. The van der Waals surface area contributed by atoms with Crippen molar-refractivity contribution in [1.29, 1.82) is 0 Å². The van der Waals surface area contributed by atoms with Crippen LogP contribution in [0.15, 0.2) is 54.6 Å². The van der Waals surface area contributed by atoms with Crippen LogP contribution in [-0.2, 0) is 17.8 Å². The average Bonchev–Trinajstić information content (AvgIpc) is 2.88. The molecule has 0 saturated carbocycles. The summed E-state index contributed by atoms with van der Waals surface area (Å²) in [7, 11) is 1.72. The molecule has 2 saturated heterocycles. The molecule has 2 aromatic rings. The Morgan fingerprint density at radius 1 is 0.824 bits per heavy atom. The Bertz CT molecular complexity index is 917. The van der Waals surface area contributed by atoms with Crippen LogP contribution in [0.4, 0.5) is 0 Å². The summed E-state index contributed by atoms with van der Waals surface area (Å²) in [5, 5.41) is 0. The molecule has 34 heavy (non-hydrogen) atoms. The van der Waals surface area contributed by atoms with E-state index in [4.69, 9.17) is 4.74 Å². The highest BCUT2D eigenvalue weighted by atomic mass is 16.5. The van der Waals surface area contributed by atoms with Gasteiger partial charge in [0.2, 0.25) is 5.91 Å². The van der Waals surface area contributed by atoms with Gasteiger partial charge in [-0.05, 0) is 31.9 Å². The number of methoxy groups -OCH3 is 1. The maximum absolute atomic E-state index is 13.5. The van der Waals surface area contributed by atoms with Gasteiger partial charge in [0.1, 0.15) is 5.75 Å². The van der Waals surface area contributed by atoms with E-state index in [0.29, 0.717) is 0 Å². The third kappa shape index (κ3) is 5.98. The summed E-state index contributed by atoms with van der Waals surface area (Å²) >= 11 is 0. The molecule has 2 aliphatic heterocycles. The molecule has 6 heteroatoms. The van der Waals surface area contributed by atoms with Crippen LogP contribution in [0.3, 0.4) is 0 Å². The van der Waals surface area contributed by atoms with E-state index >= 15 is 0 Å². The number of rotatable bonds is 8. The fourth-order valence-electron chi connectivity index (χ4n) is 5.17. The highest BCUT2D eigenvalue weighted by Gasteiger charge is 2.39. The molecule has 2 aromatic carbocycles. The fraction of sp³-hybridized carbons (Fsp3) is 0.536. The number of hydrogen-bond donors (Lipinski definition) is 0. The highest BCUT2D eigenvalue weighted by Crippen LogP contribution is 2.23. The molecule has 6 nitrogen and oxygen atoms in total. The Morgan fingerprint density at radius 2 is 1.44 bits per heavy atom. The van der Waals surface area contributed by atoms with Crippen LogP contribution in [0.2, 0.25) is 0 Å². The molecule has 1 amide bonds. The van der Waals surface area contributed by atoms with Crippen molar-refractivity contribution < 1.29 is 9.53 Å². The molecule has 184 valence electrons. The Labute approximate surface area is 205 Å². The molecule has 0 unspecified atom stereocenters. The Hall–Kier alpha value is -2.41. The van der Waals surface area contributed by atoms with Crippen LogP contribution in [0, 0.1) is 0 Å². The van der Waals surface area contributed by atoms with E-state index in [1.54, 1.807) is 7.11 Å². The zero-order valence-electron chi connectivity index (χ0n) is 21.1. The van der Waals surface area contributed by atoms with Gasteiger partial charge >= 0.3 is 0 Å². The van der Waals surface area contributed by atoms with Crippen LogP contribution in [0.25, 0.3) is 0 Å². The largest absolute Gasteiger partial charge is 0.496 e. The van der Waals surface area contributed by atoms with Crippen molar-refractivity contribution in [2.45, 2.75) is 32.4 Å². The number of carbonyl (C=O) groups is 1. The van der Waals surface area contributed by atoms with Crippen LogP contribution < -0.4 is 4.74 Å². The predicted molar refractivity (Wildman–Crippen MR) is 137 cm³/mol. The van der Waals surface area contributed by atoms with Crippen LogP contribution in [0.5, 0.6) is 5.75 Å². The van der Waals surface area contributed by atoms with Gasteiger partial charge in [0.05, 0.1) is 12.6 Å². The summed E-state index contributed by atoms with van der Waals surface area (Å²) in [6.45, 7) is 13.5. The molecule has 0 bridgehead atoms. The molecule has 0 aromatic heterocycles. The topological polar surface area (TPSA) is 39.3 Å². The van der Waals surface area contributed by atoms with Gasteiger partial charge in [0.15, 0.2) is 0 Å². The lowest BCUT2D eigenvalue weighted by Gasteiger charge is -2.46. The number of nitrogens with zero attached hydrogens (tertiary/aromatic N) is 4. The van der Waals surface area contributed by atoms with Crippen LogP contribution in [0.1, 0.15) is 25.0 Å². The maximum Gasteiger partial charge on any atom is 0.242 e. The zero-order valence-corrected chi connectivity index (χ0v) is 21.1. The zero-order chi connectivity index (χ0) is 24.0. The van der Waals surface area contributed by atoms with Crippen LogP contribution in [-0.4, -0.2) is 97.1 Å². The highest BCUT2D eigenvalue weighted by molar-refractivity contribution is 5.85. The number of ether oxygens (including phenoxy) is 1. The maximum atomic E-state index is 13.5. The summed E-state index contributed by atoms with van der Waals surface area (Å²) in [6, 6.07) is 18.9. The standard InChI is InChI=1S/C28H40N4O2/c1-28(2,32-21-17-29(18-22-32)14-13-24-9-5-4-6-10-24)27(33)31-19-15-30(16-20-31)23-25-11-7-8-12-26(25)34-3/h4-12H,13-23H2,1-3H3. The Morgan fingerprint density at radius 3 is 2.12 bits per heavy atom. The minimum atomic E-state index is -0.462. The number of hydrogen-bond acceptors (Lipinski definition) is 5. The van der Waals surface area contributed by atoms with E-state index in [0.717, 1.165) is 77.6 Å². The monoisotopic (exact) mass is 464 g/mol. The molecule has 2 fully saturated rings. The lowest BCUT2D eigenvalue weighted by Crippen LogP contribution is -2.63. The Kier molecular flexibility index (Phi) is 8.24. The molecular weight excluding hydrogens is 424 g/mol. The van der Waals surface area contributed by atoms with Crippen LogP contribution >= 0.6 is 0 Å². The van der Waals surface area contributed by atoms with Gasteiger partial charge in [-0.15, -0.1) is 0 Å². The smallest absolute Gasteiger partial charge is 0.242 e. The van der Waals surface area contributed by atoms with Crippen molar-refractivity contribution in [3.8, 4) is 5.75 Å². The van der Waals surface area contributed by atoms with Crippen molar-refractivity contribution in [2.75, 3.05) is 66.0 Å². The minimum Gasteiger partial charge on any atom is -0.496 e. The van der Waals surface area contributed by atoms with Gasteiger partial charge in [-0.3, -0.25) is 14.6 Å². The number of carbonyl (C=O) groups excluding carboxylic acids is 1. The van der Waals surface area contributed by atoms with Crippen molar-refractivity contribution in [2.24, 2.45) is 0 Å². The second kappa shape index (κ2) is 11.3. The molecule has 4 rings (SSSR count). The van der Waals surface area contributed by atoms with E-state index in [9.17, 15) is 4.79 Å². The van der Waals surface area contributed by atoms with Gasteiger partial charge in [0, 0.05) is 71.0 Å². The first-order valence-electron chi connectivity index (χ1n) is 12.6. The average molecular weight is 465 g/mol. The summed E-state index contributed by atoms with van der Waals surface area (Å²) in [6.07, 6.45) is 1.09. The van der Waals surface area contributed by atoms with Crippen molar-refractivity contribution in [1.82, 2.24) is 19.6 Å². The van der Waals surface area contributed by atoms with Gasteiger partial charge in [-0.2, -0.15) is 0 Å². The van der Waals surface area contributed by atoms with E-state index in [1.165, 1.54) is 11.1 Å². The van der Waals surface area contributed by atoms with E-state index in [2.05, 4.69) is 75.9 Å². The van der Waals surface area contributed by atoms with Crippen molar-refractivity contribution in [3.63, 3.8) is 0 Å². The molecule has 0 aliphatic carbocycles. The van der Waals surface area contributed by atoms with Gasteiger partial charge in [-0.25, -0.2) is 0 Å². The second-order valence-electron chi connectivity index (χ2n) is 10.0. The van der Waals surface area contributed by atoms with Gasteiger partial charge in [0.25, 0.3) is 0 Å². The molecule has 0 N–H and O–H groups in total. The number of para-hydroxylation sites is 1. The Balaban J connectivity index is 1.23. The summed E-state index contributed by atoms with van der Waals surface area (Å²) in [4.78, 5) is 22.9. The first kappa shape index (κ1) is 24.7. The third-order valence-corrected chi connectivity index (χ3v) is 7.49. The SMILES string of the molecule is COc1ccccc1CN1CCN(C(=O)C(C)(C)N2CCN(CCc3ccccc3)CC2)CC1. The first-order chi connectivity index (χ1) is 16.5. The predicted octanol–water partition coefficient (Wildman–Crippen LogP) is 2.98. The van der Waals surface area contributed by atoms with E-state index < -0.39 is 5.54 Å².